The Morgan fingerprint density at radius 2 is 1.57 bits per heavy atom. The summed E-state index contributed by atoms with van der Waals surface area (Å²) in [7, 11) is 3.14. The van der Waals surface area contributed by atoms with Gasteiger partial charge >= 0.3 is 6.09 Å². The molecule has 6 amide bonds. The molecule has 0 aromatic heterocycles. The summed E-state index contributed by atoms with van der Waals surface area (Å²) in [6.45, 7) is 6.65. The van der Waals surface area contributed by atoms with Crippen molar-refractivity contribution in [3.8, 4) is 0 Å². The Morgan fingerprint density at radius 3 is 2.20 bits per heavy atom. The standard InChI is InChI=1S/C40H58N6O8/c1-7-8-19-28(34(48)36(50)41-22-30(47)43-31(37(51)45(5)6)23-15-11-9-12-16-23)42-35(49)33-27-21-29(26-20-25(26)27)46(33)38(52)32(24-17-13-10-14-18-24)44-39(53)54-40(2,3)4/h9,11-12,15-16,24-29,31-33H,7-8,10,13-14,17-22H2,1-6H3,(H,41,50)(H,42,49)(H,43,47)(H,44,53)/t25?,26?,27?,28?,29?,31?,32-,33?/m1/s1. The van der Waals surface area contributed by atoms with Crippen molar-refractivity contribution in [1.29, 1.82) is 0 Å². The third-order valence-corrected chi connectivity index (χ3v) is 11.3. The highest BCUT2D eigenvalue weighted by Crippen LogP contribution is 2.63. The maximum Gasteiger partial charge on any atom is 0.408 e. The summed E-state index contributed by atoms with van der Waals surface area (Å²) >= 11 is 0. The fourth-order valence-corrected chi connectivity index (χ4v) is 8.70. The van der Waals surface area contributed by atoms with Gasteiger partial charge in [0.05, 0.1) is 12.6 Å². The van der Waals surface area contributed by atoms with Crippen LogP contribution in [0.15, 0.2) is 30.3 Å². The van der Waals surface area contributed by atoms with Gasteiger partial charge in [0.25, 0.3) is 5.91 Å². The molecule has 14 nitrogen and oxygen atoms in total. The Morgan fingerprint density at radius 1 is 0.889 bits per heavy atom. The van der Waals surface area contributed by atoms with Crippen molar-refractivity contribution in [2.24, 2.45) is 23.7 Å². The monoisotopic (exact) mass is 750 g/mol. The SMILES string of the molecule is CCCCC(NC(=O)C1C2CC(C3CC32)N1C(=O)[C@H](NC(=O)OC(C)(C)C)C1CCCCC1)C(=O)C(=O)NCC(=O)NC(C(=O)N(C)C)c1ccccc1. The number of unbranched alkanes of at least 4 members (excludes halogenated alkanes) is 1. The number of hydrogen-bond acceptors (Lipinski definition) is 8. The van der Waals surface area contributed by atoms with Crippen LogP contribution in [0.2, 0.25) is 0 Å². The van der Waals surface area contributed by atoms with Gasteiger partial charge in [-0.2, -0.15) is 0 Å². The summed E-state index contributed by atoms with van der Waals surface area (Å²) in [6, 6.07) is 4.69. The number of nitrogens with one attached hydrogen (secondary N) is 4. The molecule has 3 saturated carbocycles. The number of likely N-dealkylation sites (N-methyl/N-ethyl adjacent to an activating group) is 1. The van der Waals surface area contributed by atoms with E-state index in [9.17, 15) is 33.6 Å². The largest absolute Gasteiger partial charge is 0.444 e. The lowest BCUT2D eigenvalue weighted by atomic mass is 9.83. The normalized spacial score (nSPS) is 24.6. The van der Waals surface area contributed by atoms with E-state index in [-0.39, 0.29) is 36.1 Å². The predicted molar refractivity (Wildman–Crippen MR) is 199 cm³/mol. The highest BCUT2D eigenvalue weighted by molar-refractivity contribution is 6.38. The number of likely N-dealkylation sites (tertiary alicyclic amines) is 1. The number of piperidine rings is 1. The van der Waals surface area contributed by atoms with E-state index in [0.29, 0.717) is 36.7 Å². The van der Waals surface area contributed by atoms with E-state index in [1.54, 1.807) is 70.1 Å². The smallest absolute Gasteiger partial charge is 0.408 e. The molecule has 1 heterocycles. The number of Topliss-reactive ketones (excluding diaryl/α,β-unsaturated/α-hetero) is 1. The maximum atomic E-state index is 14.6. The van der Waals surface area contributed by atoms with E-state index in [4.69, 9.17) is 4.74 Å². The number of carbonyl (C=O) groups is 7. The van der Waals surface area contributed by atoms with Gasteiger partial charge in [0, 0.05) is 20.1 Å². The number of amides is 6. The summed E-state index contributed by atoms with van der Waals surface area (Å²) in [5.74, 6) is -3.32. The van der Waals surface area contributed by atoms with Gasteiger partial charge in [-0.15, -0.1) is 0 Å². The quantitative estimate of drug-likeness (QED) is 0.197. The zero-order valence-corrected chi connectivity index (χ0v) is 32.5. The third kappa shape index (κ3) is 9.59. The average Bonchev–Trinajstić information content (AvgIpc) is 3.75. The van der Waals surface area contributed by atoms with Crippen LogP contribution >= 0.6 is 0 Å². The van der Waals surface area contributed by atoms with Crippen LogP contribution < -0.4 is 21.3 Å². The molecule has 4 aliphatic rings. The Bertz CT molecular complexity index is 1570. The first kappa shape index (κ1) is 40.7. The van der Waals surface area contributed by atoms with Crippen LogP contribution in [0.4, 0.5) is 4.79 Å². The molecule has 14 heteroatoms. The van der Waals surface area contributed by atoms with E-state index in [1.807, 2.05) is 6.92 Å². The molecule has 3 aliphatic carbocycles. The molecular formula is C40H58N6O8. The van der Waals surface area contributed by atoms with Gasteiger partial charge in [-0.05, 0) is 82.1 Å². The number of alkyl carbamates (subject to hydrolysis) is 1. The number of ether oxygens (including phenoxy) is 1. The first-order valence-electron chi connectivity index (χ1n) is 19.6. The lowest BCUT2D eigenvalue weighted by molar-refractivity contribution is -0.147. The summed E-state index contributed by atoms with van der Waals surface area (Å²) in [5, 5.41) is 10.7. The molecule has 5 rings (SSSR count). The van der Waals surface area contributed by atoms with Crippen LogP contribution in [0, 0.1) is 23.7 Å². The number of rotatable bonds is 15. The van der Waals surface area contributed by atoms with Crippen molar-refractivity contribution in [3.05, 3.63) is 35.9 Å². The van der Waals surface area contributed by atoms with Crippen LogP contribution in [0.3, 0.4) is 0 Å². The second kappa shape index (κ2) is 17.3. The molecule has 1 aromatic rings. The number of benzene rings is 1. The highest BCUT2D eigenvalue weighted by atomic mass is 16.6. The summed E-state index contributed by atoms with van der Waals surface area (Å²) in [5.41, 5.74) is -0.197. The lowest BCUT2D eigenvalue weighted by Gasteiger charge is -2.39. The third-order valence-electron chi connectivity index (χ3n) is 11.3. The molecule has 1 aliphatic heterocycles. The van der Waals surface area contributed by atoms with Gasteiger partial charge in [0.1, 0.15) is 23.7 Å². The van der Waals surface area contributed by atoms with Crippen molar-refractivity contribution in [2.45, 2.75) is 128 Å². The molecule has 0 radical (unpaired) electrons. The first-order valence-corrected chi connectivity index (χ1v) is 19.6. The number of fused-ring (bicyclic) bond motifs is 5. The van der Waals surface area contributed by atoms with Crippen molar-refractivity contribution in [2.75, 3.05) is 20.6 Å². The second-order valence-corrected chi connectivity index (χ2v) is 16.6. The average molecular weight is 751 g/mol. The zero-order chi connectivity index (χ0) is 39.3. The highest BCUT2D eigenvalue weighted by Gasteiger charge is 2.68. The van der Waals surface area contributed by atoms with Crippen molar-refractivity contribution >= 4 is 41.4 Å². The summed E-state index contributed by atoms with van der Waals surface area (Å²) < 4.78 is 5.55. The van der Waals surface area contributed by atoms with E-state index >= 15 is 0 Å². The van der Waals surface area contributed by atoms with Gasteiger partial charge in [-0.3, -0.25) is 28.8 Å². The summed E-state index contributed by atoms with van der Waals surface area (Å²) in [4.78, 5) is 97.5. The van der Waals surface area contributed by atoms with Crippen LogP contribution in [-0.4, -0.2) is 102 Å². The number of hydrogen-bond donors (Lipinski definition) is 4. The van der Waals surface area contributed by atoms with Crippen LogP contribution in [0.5, 0.6) is 0 Å². The Hall–Kier alpha value is -4.49. The van der Waals surface area contributed by atoms with Gasteiger partial charge in [-0.25, -0.2) is 4.79 Å². The number of carbonyl (C=O) groups excluding carboxylic acids is 7. The minimum atomic E-state index is -1.17. The minimum Gasteiger partial charge on any atom is -0.444 e. The van der Waals surface area contributed by atoms with Crippen molar-refractivity contribution < 1.29 is 38.3 Å². The molecule has 7 unspecified atom stereocenters. The van der Waals surface area contributed by atoms with E-state index in [1.165, 1.54) is 4.90 Å². The van der Waals surface area contributed by atoms with Crippen molar-refractivity contribution in [1.82, 2.24) is 31.1 Å². The first-order chi connectivity index (χ1) is 25.6. The fourth-order valence-electron chi connectivity index (χ4n) is 8.70. The fraction of sp³-hybridized carbons (Fsp3) is 0.675. The Balaban J connectivity index is 1.27. The molecule has 4 N–H and O–H groups in total. The predicted octanol–water partition coefficient (Wildman–Crippen LogP) is 3.00. The second-order valence-electron chi connectivity index (χ2n) is 16.6. The van der Waals surface area contributed by atoms with Gasteiger partial charge in [0.15, 0.2) is 0 Å². The molecule has 1 saturated heterocycles. The maximum absolute atomic E-state index is 14.6. The number of ketones is 1. The van der Waals surface area contributed by atoms with E-state index in [2.05, 4.69) is 21.3 Å². The van der Waals surface area contributed by atoms with Crippen LogP contribution in [0.25, 0.3) is 0 Å². The molecular weight excluding hydrogens is 692 g/mol. The summed E-state index contributed by atoms with van der Waals surface area (Å²) in [6.07, 6.45) is 6.85. The molecule has 1 aromatic carbocycles. The molecule has 8 atom stereocenters. The van der Waals surface area contributed by atoms with Crippen LogP contribution in [0.1, 0.15) is 104 Å². The lowest BCUT2D eigenvalue weighted by Crippen LogP contribution is -2.62. The Kier molecular flexibility index (Phi) is 13.1. The topological polar surface area (TPSA) is 183 Å². The number of nitrogens with zero attached hydrogens (tertiary/aromatic N) is 2. The van der Waals surface area contributed by atoms with Gasteiger partial charge in [0.2, 0.25) is 29.4 Å². The molecule has 0 spiro atoms. The van der Waals surface area contributed by atoms with E-state index < -0.39 is 65.9 Å². The molecule has 296 valence electrons. The van der Waals surface area contributed by atoms with Crippen molar-refractivity contribution in [3.63, 3.8) is 0 Å². The molecule has 2 bridgehead atoms. The zero-order valence-electron chi connectivity index (χ0n) is 32.5. The van der Waals surface area contributed by atoms with Gasteiger partial charge in [-0.1, -0.05) is 69.4 Å². The van der Waals surface area contributed by atoms with Gasteiger partial charge < -0.3 is 35.8 Å². The minimum absolute atomic E-state index is 0.0839. The molecule has 54 heavy (non-hydrogen) atoms. The Labute approximate surface area is 318 Å². The van der Waals surface area contributed by atoms with Crippen LogP contribution in [-0.2, 0) is 33.5 Å². The molecule has 4 fully saturated rings. The van der Waals surface area contributed by atoms with E-state index in [0.717, 1.165) is 38.5 Å².